The number of carbonyl (C=O) groups is 1. The summed E-state index contributed by atoms with van der Waals surface area (Å²) in [4.78, 5) is 25.1. The van der Waals surface area contributed by atoms with Crippen molar-refractivity contribution in [3.63, 3.8) is 0 Å². The molecule has 2 aromatic carbocycles. The number of nitrogens with two attached hydrogens (primary N) is 1. The maximum Gasteiger partial charge on any atom is 0.243 e. The third-order valence-corrected chi connectivity index (χ3v) is 6.81. The van der Waals surface area contributed by atoms with Crippen LogP contribution in [-0.4, -0.2) is 48.4 Å². The second kappa shape index (κ2) is 11.7. The highest BCUT2D eigenvalue weighted by Crippen LogP contribution is 2.41. The van der Waals surface area contributed by atoms with Gasteiger partial charge in [0.1, 0.15) is 11.6 Å². The van der Waals surface area contributed by atoms with Crippen molar-refractivity contribution < 1.29 is 14.7 Å². The largest absolute Gasteiger partial charge is 0.491 e. The molecule has 0 radical (unpaired) electrons. The molecule has 0 spiro atoms. The SMILES string of the molecule is CCCOc1cc2c(cc1N(C)CCCCCCC(=O)NO)C1=Nc3cc(Br)cc(N)c3CN1C=N2. The highest BCUT2D eigenvalue weighted by Gasteiger charge is 2.28. The molecule has 0 saturated heterocycles. The molecule has 9 nitrogen and oxygen atoms in total. The topological polar surface area (TPSA) is 116 Å². The van der Waals surface area contributed by atoms with E-state index in [0.717, 1.165) is 82.9 Å². The summed E-state index contributed by atoms with van der Waals surface area (Å²) in [5.41, 5.74) is 13.3. The Kier molecular flexibility index (Phi) is 8.48. The summed E-state index contributed by atoms with van der Waals surface area (Å²) in [6, 6.07) is 8.03. The maximum atomic E-state index is 11.2. The van der Waals surface area contributed by atoms with E-state index >= 15 is 0 Å². The van der Waals surface area contributed by atoms with Crippen LogP contribution < -0.4 is 20.9 Å². The molecule has 0 unspecified atom stereocenters. The molecule has 0 atom stereocenters. The fraction of sp³-hybridized carbons (Fsp3) is 0.423. The van der Waals surface area contributed by atoms with Crippen LogP contribution in [0.3, 0.4) is 0 Å². The highest BCUT2D eigenvalue weighted by atomic mass is 79.9. The Balaban J connectivity index is 1.57. The van der Waals surface area contributed by atoms with E-state index in [-0.39, 0.29) is 5.91 Å². The zero-order chi connectivity index (χ0) is 25.7. The van der Waals surface area contributed by atoms with Gasteiger partial charge in [-0.2, -0.15) is 0 Å². The van der Waals surface area contributed by atoms with Gasteiger partial charge in [0.15, 0.2) is 0 Å². The van der Waals surface area contributed by atoms with Crippen LogP contribution in [0.2, 0.25) is 0 Å². The van der Waals surface area contributed by atoms with Crippen LogP contribution in [0.15, 0.2) is 38.7 Å². The number of nitrogen functional groups attached to an aromatic ring is 1. The van der Waals surface area contributed by atoms with Crippen LogP contribution in [0.4, 0.5) is 22.7 Å². The summed E-state index contributed by atoms with van der Waals surface area (Å²) in [5, 5.41) is 8.61. The molecule has 2 aromatic rings. The Hall–Kier alpha value is -3.11. The normalized spacial score (nSPS) is 13.4. The molecule has 0 aliphatic carbocycles. The van der Waals surface area contributed by atoms with Gasteiger partial charge in [0.2, 0.25) is 5.91 Å². The van der Waals surface area contributed by atoms with E-state index in [0.29, 0.717) is 25.3 Å². The molecular weight excluding hydrogens is 524 g/mol. The van der Waals surface area contributed by atoms with Crippen molar-refractivity contribution in [1.82, 2.24) is 10.4 Å². The van der Waals surface area contributed by atoms with Crippen LogP contribution in [0.5, 0.6) is 5.75 Å². The Morgan fingerprint density at radius 1 is 1.22 bits per heavy atom. The molecule has 0 bridgehead atoms. The average molecular weight is 557 g/mol. The number of nitrogens with zero attached hydrogens (tertiary/aromatic N) is 4. The van der Waals surface area contributed by atoms with Crippen molar-refractivity contribution >= 4 is 56.8 Å². The molecular formula is C26H33BrN6O3. The Morgan fingerprint density at radius 2 is 2.03 bits per heavy atom. The minimum atomic E-state index is -0.334. The number of fused-ring (bicyclic) bond motifs is 4. The van der Waals surface area contributed by atoms with E-state index in [1.807, 2.05) is 29.4 Å². The lowest BCUT2D eigenvalue weighted by Gasteiger charge is -2.32. The van der Waals surface area contributed by atoms with Gasteiger partial charge in [-0.3, -0.25) is 10.0 Å². The zero-order valence-corrected chi connectivity index (χ0v) is 22.3. The summed E-state index contributed by atoms with van der Waals surface area (Å²) >= 11 is 3.53. The van der Waals surface area contributed by atoms with Crippen LogP contribution in [-0.2, 0) is 11.3 Å². The van der Waals surface area contributed by atoms with Crippen LogP contribution >= 0.6 is 15.9 Å². The van der Waals surface area contributed by atoms with E-state index in [1.54, 1.807) is 5.48 Å². The molecule has 192 valence electrons. The predicted molar refractivity (Wildman–Crippen MR) is 147 cm³/mol. The average Bonchev–Trinajstić information content (AvgIpc) is 2.87. The summed E-state index contributed by atoms with van der Waals surface area (Å²) in [5.74, 6) is 1.33. The second-order valence-corrected chi connectivity index (χ2v) is 10.0. The number of halogens is 1. The lowest BCUT2D eigenvalue weighted by atomic mass is 10.0. The van der Waals surface area contributed by atoms with E-state index in [2.05, 4.69) is 40.9 Å². The Labute approximate surface area is 220 Å². The number of hydrogen-bond acceptors (Lipinski definition) is 8. The molecule has 36 heavy (non-hydrogen) atoms. The first-order chi connectivity index (χ1) is 17.4. The van der Waals surface area contributed by atoms with Gasteiger partial charge in [0, 0.05) is 47.4 Å². The summed E-state index contributed by atoms with van der Waals surface area (Å²) in [7, 11) is 2.07. The Morgan fingerprint density at radius 3 is 2.81 bits per heavy atom. The number of rotatable bonds is 11. The van der Waals surface area contributed by atoms with Gasteiger partial charge in [-0.05, 0) is 37.5 Å². The number of benzene rings is 2. The van der Waals surface area contributed by atoms with Crippen LogP contribution in [0.1, 0.15) is 56.6 Å². The number of nitrogens with one attached hydrogen (secondary N) is 1. The summed E-state index contributed by atoms with van der Waals surface area (Å²) in [6.45, 7) is 4.18. The van der Waals surface area contributed by atoms with Crippen LogP contribution in [0.25, 0.3) is 0 Å². The predicted octanol–water partition coefficient (Wildman–Crippen LogP) is 5.28. The van der Waals surface area contributed by atoms with Crippen molar-refractivity contribution in [2.75, 3.05) is 30.8 Å². The van der Waals surface area contributed by atoms with Gasteiger partial charge in [0.25, 0.3) is 0 Å². The van der Waals surface area contributed by atoms with Crippen molar-refractivity contribution in [3.05, 3.63) is 39.9 Å². The van der Waals surface area contributed by atoms with Gasteiger partial charge in [-0.15, -0.1) is 0 Å². The number of aliphatic imine (C=N–C) groups is 2. The molecule has 1 amide bonds. The third-order valence-electron chi connectivity index (χ3n) is 6.35. The Bertz CT molecular complexity index is 1180. The molecule has 10 heteroatoms. The number of carbonyl (C=O) groups excluding carboxylic acids is 1. The van der Waals surface area contributed by atoms with Crippen molar-refractivity contribution in [3.8, 4) is 5.75 Å². The zero-order valence-electron chi connectivity index (χ0n) is 20.8. The van der Waals surface area contributed by atoms with Gasteiger partial charge >= 0.3 is 0 Å². The minimum Gasteiger partial charge on any atom is -0.491 e. The van der Waals surface area contributed by atoms with Gasteiger partial charge in [-0.1, -0.05) is 35.7 Å². The minimum absolute atomic E-state index is 0.334. The first-order valence-electron chi connectivity index (χ1n) is 12.3. The smallest absolute Gasteiger partial charge is 0.243 e. The first-order valence-corrected chi connectivity index (χ1v) is 13.1. The number of hydrogen-bond donors (Lipinski definition) is 3. The van der Waals surface area contributed by atoms with E-state index < -0.39 is 0 Å². The molecule has 4 N–H and O–H groups in total. The molecule has 0 fully saturated rings. The maximum absolute atomic E-state index is 11.2. The van der Waals surface area contributed by atoms with E-state index in [1.165, 1.54) is 0 Å². The number of amides is 1. The van der Waals surface area contributed by atoms with Gasteiger partial charge < -0.3 is 20.3 Å². The molecule has 2 heterocycles. The van der Waals surface area contributed by atoms with E-state index in [9.17, 15) is 4.79 Å². The van der Waals surface area contributed by atoms with Crippen molar-refractivity contribution in [2.24, 2.45) is 9.98 Å². The molecule has 2 aliphatic heterocycles. The fourth-order valence-electron chi connectivity index (χ4n) is 4.41. The highest BCUT2D eigenvalue weighted by molar-refractivity contribution is 9.10. The third kappa shape index (κ3) is 5.82. The van der Waals surface area contributed by atoms with Crippen LogP contribution in [0, 0.1) is 0 Å². The lowest BCUT2D eigenvalue weighted by Crippen LogP contribution is -2.35. The van der Waals surface area contributed by atoms with Crippen molar-refractivity contribution in [1.29, 1.82) is 0 Å². The standard InChI is InChI=1S/C26H33BrN6O3/c1-3-10-36-24-14-21-18(13-23(24)32(2)9-7-5-4-6-8-25(34)31-35)26-30-22-12-17(27)11-20(28)19(22)15-33(26)16-29-21/h11-14,16,35H,3-10,15,28H2,1-2H3,(H,31,34). The summed E-state index contributed by atoms with van der Waals surface area (Å²) < 4.78 is 7.03. The molecule has 0 saturated carbocycles. The fourth-order valence-corrected chi connectivity index (χ4v) is 4.88. The number of hydroxylamine groups is 1. The molecule has 4 rings (SSSR count). The first kappa shape index (κ1) is 26.0. The van der Waals surface area contributed by atoms with E-state index in [4.69, 9.17) is 25.7 Å². The van der Waals surface area contributed by atoms with Crippen molar-refractivity contribution in [2.45, 2.75) is 52.0 Å². The quantitative estimate of drug-likeness (QED) is 0.150. The number of unbranched alkanes of at least 4 members (excludes halogenated alkanes) is 3. The van der Waals surface area contributed by atoms with Gasteiger partial charge in [-0.25, -0.2) is 15.5 Å². The monoisotopic (exact) mass is 556 g/mol. The van der Waals surface area contributed by atoms with Gasteiger partial charge in [0.05, 0.1) is 36.6 Å². The molecule has 2 aliphatic rings. The number of amidine groups is 1. The number of ether oxygens (including phenoxy) is 1. The summed E-state index contributed by atoms with van der Waals surface area (Å²) in [6.07, 6.45) is 6.74. The second-order valence-electron chi connectivity index (χ2n) is 9.11. The lowest BCUT2D eigenvalue weighted by molar-refractivity contribution is -0.129. The number of anilines is 2. The molecule has 0 aromatic heterocycles.